The van der Waals surface area contributed by atoms with Crippen molar-refractivity contribution in [1.82, 2.24) is 19.2 Å². The minimum absolute atomic E-state index is 0.0176. The summed E-state index contributed by atoms with van der Waals surface area (Å²) in [6.07, 6.45) is 2.86. The van der Waals surface area contributed by atoms with Crippen molar-refractivity contribution in [3.8, 4) is 0 Å². The third kappa shape index (κ3) is 3.18. The van der Waals surface area contributed by atoms with Crippen molar-refractivity contribution in [2.45, 2.75) is 58.5 Å². The Hall–Kier alpha value is -0.990. The Morgan fingerprint density at radius 3 is 2.65 bits per heavy atom. The molecule has 0 aliphatic carbocycles. The van der Waals surface area contributed by atoms with E-state index in [4.69, 9.17) is 4.52 Å². The number of piperidine rings is 1. The van der Waals surface area contributed by atoms with E-state index < -0.39 is 15.7 Å². The molecule has 1 saturated heterocycles. The molecule has 1 fully saturated rings. The van der Waals surface area contributed by atoms with Gasteiger partial charge in [0.05, 0.1) is 5.54 Å². The van der Waals surface area contributed by atoms with Crippen LogP contribution in [0.2, 0.25) is 0 Å². The van der Waals surface area contributed by atoms with Crippen LogP contribution < -0.4 is 4.72 Å². The van der Waals surface area contributed by atoms with E-state index in [-0.39, 0.29) is 6.04 Å². The summed E-state index contributed by atoms with van der Waals surface area (Å²) in [4.78, 5) is 4.11. The molecule has 1 aromatic heterocycles. The minimum Gasteiger partial charge on any atom is -0.340 e. The maximum atomic E-state index is 12.5. The van der Waals surface area contributed by atoms with Crippen LogP contribution in [0.15, 0.2) is 4.52 Å². The molecular formula is C12H22N4O3S. The molecule has 1 aliphatic rings. The van der Waals surface area contributed by atoms with Crippen molar-refractivity contribution in [2.75, 3.05) is 6.54 Å². The summed E-state index contributed by atoms with van der Waals surface area (Å²) in [5.41, 5.74) is -0.909. The monoisotopic (exact) mass is 302 g/mol. The fourth-order valence-electron chi connectivity index (χ4n) is 2.41. The highest BCUT2D eigenvalue weighted by Gasteiger charge is 2.37. The first kappa shape index (κ1) is 15.4. The average Bonchev–Trinajstić information content (AvgIpc) is 2.75. The van der Waals surface area contributed by atoms with Crippen molar-refractivity contribution >= 4 is 10.2 Å². The molecule has 1 atom stereocenters. The lowest BCUT2D eigenvalue weighted by Crippen LogP contribution is -2.53. The summed E-state index contributed by atoms with van der Waals surface area (Å²) in [6, 6.07) is 0.0176. The van der Waals surface area contributed by atoms with Gasteiger partial charge in [-0.25, -0.2) is 0 Å². The lowest BCUT2D eigenvalue weighted by atomic mass is 10.1. The molecule has 1 aromatic rings. The Balaban J connectivity index is 2.18. The van der Waals surface area contributed by atoms with Crippen molar-refractivity contribution in [2.24, 2.45) is 0 Å². The second kappa shape index (κ2) is 5.42. The Morgan fingerprint density at radius 1 is 1.40 bits per heavy atom. The molecular weight excluding hydrogens is 280 g/mol. The van der Waals surface area contributed by atoms with E-state index in [1.807, 2.05) is 6.92 Å². The largest absolute Gasteiger partial charge is 0.340 e. The van der Waals surface area contributed by atoms with Crippen LogP contribution in [0.25, 0.3) is 0 Å². The van der Waals surface area contributed by atoms with Gasteiger partial charge in [-0.05, 0) is 33.6 Å². The zero-order valence-electron chi connectivity index (χ0n) is 12.4. The van der Waals surface area contributed by atoms with E-state index >= 15 is 0 Å². The maximum absolute atomic E-state index is 12.5. The van der Waals surface area contributed by atoms with Gasteiger partial charge in [-0.2, -0.15) is 22.4 Å². The topological polar surface area (TPSA) is 88.3 Å². The normalized spacial score (nSPS) is 22.1. The van der Waals surface area contributed by atoms with E-state index in [1.54, 1.807) is 20.8 Å². The van der Waals surface area contributed by atoms with Crippen LogP contribution in [-0.4, -0.2) is 35.5 Å². The highest BCUT2D eigenvalue weighted by atomic mass is 32.2. The molecule has 1 unspecified atom stereocenters. The highest BCUT2D eigenvalue weighted by molar-refractivity contribution is 7.87. The van der Waals surface area contributed by atoms with Crippen molar-refractivity contribution in [3.63, 3.8) is 0 Å². The van der Waals surface area contributed by atoms with E-state index in [1.165, 1.54) is 4.31 Å². The Kier molecular flexibility index (Phi) is 4.17. The fourth-order valence-corrected chi connectivity index (χ4v) is 4.21. The predicted molar refractivity (Wildman–Crippen MR) is 74.1 cm³/mol. The zero-order valence-corrected chi connectivity index (χ0v) is 13.2. The number of aromatic nitrogens is 2. The van der Waals surface area contributed by atoms with Gasteiger partial charge in [0, 0.05) is 19.5 Å². The minimum atomic E-state index is -3.57. The second-order valence-electron chi connectivity index (χ2n) is 5.82. The van der Waals surface area contributed by atoms with Crippen LogP contribution in [0.1, 0.15) is 51.7 Å². The first-order valence-electron chi connectivity index (χ1n) is 6.84. The van der Waals surface area contributed by atoms with Crippen LogP contribution >= 0.6 is 0 Å². The maximum Gasteiger partial charge on any atom is 0.280 e. The standard InChI is InChI=1S/C12H22N4O3S/c1-9-7-5-6-8-16(9)20(17,18)15-12(3,4)11-13-10(2)19-14-11/h9,15H,5-8H2,1-4H3. The number of nitrogens with one attached hydrogen (secondary N) is 1. The second-order valence-corrected chi connectivity index (χ2v) is 7.45. The predicted octanol–water partition coefficient (Wildman–Crippen LogP) is 1.32. The summed E-state index contributed by atoms with van der Waals surface area (Å²) in [7, 11) is -3.57. The summed E-state index contributed by atoms with van der Waals surface area (Å²) in [5.74, 6) is 0.752. The molecule has 1 aliphatic heterocycles. The van der Waals surface area contributed by atoms with Crippen molar-refractivity contribution in [1.29, 1.82) is 0 Å². The van der Waals surface area contributed by atoms with Crippen LogP contribution in [0.4, 0.5) is 0 Å². The number of hydrogen-bond donors (Lipinski definition) is 1. The molecule has 2 heterocycles. The van der Waals surface area contributed by atoms with Gasteiger partial charge in [0.1, 0.15) is 0 Å². The van der Waals surface area contributed by atoms with Crippen LogP contribution in [0, 0.1) is 6.92 Å². The molecule has 0 saturated carbocycles. The number of nitrogens with zero attached hydrogens (tertiary/aromatic N) is 3. The SMILES string of the molecule is Cc1nc(C(C)(C)NS(=O)(=O)N2CCCCC2C)no1. The Morgan fingerprint density at radius 2 is 2.10 bits per heavy atom. The molecule has 7 nitrogen and oxygen atoms in total. The number of hydrogen-bond acceptors (Lipinski definition) is 5. The fraction of sp³-hybridized carbons (Fsp3) is 0.833. The summed E-state index contributed by atoms with van der Waals surface area (Å²) in [6.45, 7) is 7.61. The average molecular weight is 302 g/mol. The third-order valence-corrected chi connectivity index (χ3v) is 5.45. The van der Waals surface area contributed by atoms with E-state index in [2.05, 4.69) is 14.9 Å². The van der Waals surface area contributed by atoms with E-state index in [0.29, 0.717) is 18.3 Å². The molecule has 2 rings (SSSR count). The summed E-state index contributed by atoms with van der Waals surface area (Å²) in [5, 5.41) is 3.80. The Bertz CT molecular complexity index is 567. The van der Waals surface area contributed by atoms with Gasteiger partial charge in [-0.3, -0.25) is 0 Å². The summed E-state index contributed by atoms with van der Waals surface area (Å²) >= 11 is 0. The highest BCUT2D eigenvalue weighted by Crippen LogP contribution is 2.23. The lowest BCUT2D eigenvalue weighted by Gasteiger charge is -2.34. The third-order valence-electron chi connectivity index (χ3n) is 3.52. The molecule has 114 valence electrons. The summed E-state index contributed by atoms with van der Waals surface area (Å²) < 4.78 is 34.2. The molecule has 0 spiro atoms. The zero-order chi connectivity index (χ0) is 15.0. The molecule has 0 aromatic carbocycles. The number of aryl methyl sites for hydroxylation is 1. The van der Waals surface area contributed by atoms with Gasteiger partial charge in [-0.1, -0.05) is 11.6 Å². The molecule has 20 heavy (non-hydrogen) atoms. The smallest absolute Gasteiger partial charge is 0.280 e. The quantitative estimate of drug-likeness (QED) is 0.906. The van der Waals surface area contributed by atoms with Crippen LogP contribution in [0.5, 0.6) is 0 Å². The van der Waals surface area contributed by atoms with Gasteiger partial charge in [0.25, 0.3) is 10.2 Å². The van der Waals surface area contributed by atoms with Gasteiger partial charge in [0.15, 0.2) is 5.82 Å². The van der Waals surface area contributed by atoms with Crippen LogP contribution in [0.3, 0.4) is 0 Å². The van der Waals surface area contributed by atoms with Crippen molar-refractivity contribution in [3.05, 3.63) is 11.7 Å². The van der Waals surface area contributed by atoms with Crippen LogP contribution in [-0.2, 0) is 15.7 Å². The number of rotatable bonds is 4. The molecule has 0 bridgehead atoms. The van der Waals surface area contributed by atoms with E-state index in [0.717, 1.165) is 19.3 Å². The first-order valence-corrected chi connectivity index (χ1v) is 8.28. The molecule has 0 amide bonds. The Labute approximate surface area is 119 Å². The van der Waals surface area contributed by atoms with Gasteiger partial charge < -0.3 is 4.52 Å². The molecule has 1 N–H and O–H groups in total. The molecule has 8 heteroatoms. The van der Waals surface area contributed by atoms with E-state index in [9.17, 15) is 8.42 Å². The molecule has 0 radical (unpaired) electrons. The lowest BCUT2D eigenvalue weighted by molar-refractivity contribution is 0.258. The van der Waals surface area contributed by atoms with Gasteiger partial charge in [-0.15, -0.1) is 0 Å². The van der Waals surface area contributed by atoms with Gasteiger partial charge in [0.2, 0.25) is 5.89 Å². The van der Waals surface area contributed by atoms with Crippen molar-refractivity contribution < 1.29 is 12.9 Å². The first-order chi connectivity index (χ1) is 9.22. The van der Waals surface area contributed by atoms with Gasteiger partial charge >= 0.3 is 0 Å².